The smallest absolute Gasteiger partial charge is 0.326 e. The summed E-state index contributed by atoms with van der Waals surface area (Å²) in [4.78, 5) is 23.1. The van der Waals surface area contributed by atoms with E-state index in [0.29, 0.717) is 19.4 Å². The number of ether oxygens (including phenoxy) is 1. The number of hydrogen-bond acceptors (Lipinski definition) is 4. The minimum Gasteiger partial charge on any atom is -0.480 e. The first kappa shape index (κ1) is 14.9. The number of rotatable bonds is 8. The van der Waals surface area contributed by atoms with E-state index in [1.165, 1.54) is 0 Å². The van der Waals surface area contributed by atoms with Crippen LogP contribution in [0.25, 0.3) is 0 Å². The molecule has 1 fully saturated rings. The SMILES string of the molecule is COCCCC(NC(=O)C1(CN)CCC1)C(=O)O. The molecule has 0 bridgehead atoms. The van der Waals surface area contributed by atoms with Gasteiger partial charge < -0.3 is 20.9 Å². The number of aliphatic carboxylic acids is 1. The third-order valence-electron chi connectivity index (χ3n) is 3.63. The zero-order valence-electron chi connectivity index (χ0n) is 10.8. The molecule has 0 aromatic rings. The maximum Gasteiger partial charge on any atom is 0.326 e. The van der Waals surface area contributed by atoms with Gasteiger partial charge in [0, 0.05) is 20.3 Å². The molecule has 4 N–H and O–H groups in total. The second kappa shape index (κ2) is 6.70. The topological polar surface area (TPSA) is 102 Å². The Morgan fingerprint density at radius 2 is 2.17 bits per heavy atom. The molecule has 1 atom stereocenters. The molecule has 1 unspecified atom stereocenters. The molecule has 0 aromatic heterocycles. The lowest BCUT2D eigenvalue weighted by atomic mass is 9.68. The van der Waals surface area contributed by atoms with E-state index in [1.807, 2.05) is 0 Å². The van der Waals surface area contributed by atoms with Gasteiger partial charge in [0.1, 0.15) is 6.04 Å². The van der Waals surface area contributed by atoms with Gasteiger partial charge in [0.2, 0.25) is 5.91 Å². The van der Waals surface area contributed by atoms with Gasteiger partial charge >= 0.3 is 5.97 Å². The van der Waals surface area contributed by atoms with Crippen LogP contribution in [-0.4, -0.2) is 43.3 Å². The average molecular weight is 258 g/mol. The molecule has 1 aliphatic rings. The van der Waals surface area contributed by atoms with Gasteiger partial charge in [-0.1, -0.05) is 6.42 Å². The van der Waals surface area contributed by atoms with E-state index in [1.54, 1.807) is 7.11 Å². The van der Waals surface area contributed by atoms with E-state index < -0.39 is 17.4 Å². The number of nitrogens with two attached hydrogens (primary N) is 1. The van der Waals surface area contributed by atoms with Crippen molar-refractivity contribution in [2.45, 2.75) is 38.1 Å². The Hall–Kier alpha value is -1.14. The number of methoxy groups -OCH3 is 1. The van der Waals surface area contributed by atoms with E-state index in [9.17, 15) is 9.59 Å². The van der Waals surface area contributed by atoms with Gasteiger partial charge in [-0.2, -0.15) is 0 Å². The number of nitrogens with one attached hydrogen (secondary N) is 1. The fraction of sp³-hybridized carbons (Fsp3) is 0.833. The number of hydrogen-bond donors (Lipinski definition) is 3. The zero-order valence-corrected chi connectivity index (χ0v) is 10.8. The first-order valence-corrected chi connectivity index (χ1v) is 6.28. The van der Waals surface area contributed by atoms with Crippen LogP contribution in [0.1, 0.15) is 32.1 Å². The number of carbonyl (C=O) groups is 2. The lowest BCUT2D eigenvalue weighted by Crippen LogP contribution is -2.54. The Balaban J connectivity index is 2.49. The molecule has 18 heavy (non-hydrogen) atoms. The Morgan fingerprint density at radius 1 is 1.50 bits per heavy atom. The number of carboxylic acids is 1. The summed E-state index contributed by atoms with van der Waals surface area (Å²) in [5.74, 6) is -1.23. The zero-order chi connectivity index (χ0) is 13.6. The van der Waals surface area contributed by atoms with Gasteiger partial charge in [-0.3, -0.25) is 4.79 Å². The highest BCUT2D eigenvalue weighted by Gasteiger charge is 2.43. The maximum atomic E-state index is 12.0. The minimum atomic E-state index is -1.01. The van der Waals surface area contributed by atoms with Crippen molar-refractivity contribution >= 4 is 11.9 Å². The van der Waals surface area contributed by atoms with Crippen LogP contribution in [-0.2, 0) is 14.3 Å². The van der Waals surface area contributed by atoms with Gasteiger partial charge in [0.05, 0.1) is 5.41 Å². The van der Waals surface area contributed by atoms with Crippen molar-refractivity contribution in [2.24, 2.45) is 11.1 Å². The standard InChI is InChI=1S/C12H22N2O4/c1-18-7-2-4-9(10(15)16)14-11(17)12(8-13)5-3-6-12/h9H,2-8,13H2,1H3,(H,14,17)(H,15,16). The third-order valence-corrected chi connectivity index (χ3v) is 3.63. The summed E-state index contributed by atoms with van der Waals surface area (Å²) in [5, 5.41) is 11.7. The van der Waals surface area contributed by atoms with Gasteiger partial charge in [-0.15, -0.1) is 0 Å². The summed E-state index contributed by atoms with van der Waals surface area (Å²) in [7, 11) is 1.56. The molecule has 1 amide bonds. The van der Waals surface area contributed by atoms with E-state index in [0.717, 1.165) is 19.3 Å². The van der Waals surface area contributed by atoms with Gasteiger partial charge in [0.15, 0.2) is 0 Å². The molecule has 6 heteroatoms. The summed E-state index contributed by atoms with van der Waals surface area (Å²) in [6.07, 6.45) is 3.45. The summed E-state index contributed by atoms with van der Waals surface area (Å²) in [6.45, 7) is 0.769. The van der Waals surface area contributed by atoms with Crippen LogP contribution in [0.3, 0.4) is 0 Å². The molecule has 0 aromatic carbocycles. The molecule has 0 aliphatic heterocycles. The van der Waals surface area contributed by atoms with Crippen LogP contribution >= 0.6 is 0 Å². The first-order valence-electron chi connectivity index (χ1n) is 6.28. The van der Waals surface area contributed by atoms with E-state index >= 15 is 0 Å². The van der Waals surface area contributed by atoms with Crippen LogP contribution in [0.15, 0.2) is 0 Å². The van der Waals surface area contributed by atoms with Gasteiger partial charge in [0.25, 0.3) is 0 Å². The van der Waals surface area contributed by atoms with E-state index in [4.69, 9.17) is 15.6 Å². The fourth-order valence-corrected chi connectivity index (χ4v) is 2.13. The largest absolute Gasteiger partial charge is 0.480 e. The molecule has 0 spiro atoms. The highest BCUT2D eigenvalue weighted by molar-refractivity contribution is 5.88. The molecule has 1 aliphatic carbocycles. The maximum absolute atomic E-state index is 12.0. The van der Waals surface area contributed by atoms with Crippen molar-refractivity contribution in [3.05, 3.63) is 0 Å². The predicted octanol–water partition coefficient (Wildman–Crippen LogP) is 0.111. The predicted molar refractivity (Wildman–Crippen MR) is 66.0 cm³/mol. The number of carboxylic acid groups (broad SMARTS) is 1. The van der Waals surface area contributed by atoms with Crippen molar-refractivity contribution in [3.8, 4) is 0 Å². The van der Waals surface area contributed by atoms with E-state index in [-0.39, 0.29) is 12.5 Å². The van der Waals surface area contributed by atoms with Gasteiger partial charge in [-0.25, -0.2) is 4.79 Å². The van der Waals surface area contributed by atoms with Crippen molar-refractivity contribution in [1.82, 2.24) is 5.32 Å². The van der Waals surface area contributed by atoms with Crippen LogP contribution in [0, 0.1) is 5.41 Å². The Kier molecular flexibility index (Phi) is 5.55. The normalized spacial score (nSPS) is 18.8. The second-order valence-electron chi connectivity index (χ2n) is 4.84. The van der Waals surface area contributed by atoms with Crippen molar-refractivity contribution in [1.29, 1.82) is 0 Å². The third kappa shape index (κ3) is 3.43. The fourth-order valence-electron chi connectivity index (χ4n) is 2.13. The van der Waals surface area contributed by atoms with Crippen molar-refractivity contribution in [3.63, 3.8) is 0 Å². The molecule has 1 rings (SSSR count). The molecule has 0 heterocycles. The lowest BCUT2D eigenvalue weighted by molar-refractivity contribution is -0.145. The van der Waals surface area contributed by atoms with Crippen LogP contribution < -0.4 is 11.1 Å². The van der Waals surface area contributed by atoms with Crippen LogP contribution in [0.5, 0.6) is 0 Å². The molecule has 104 valence electrons. The number of carbonyl (C=O) groups excluding carboxylic acids is 1. The van der Waals surface area contributed by atoms with Crippen molar-refractivity contribution in [2.75, 3.05) is 20.3 Å². The summed E-state index contributed by atoms with van der Waals surface area (Å²) in [6, 6.07) is -0.850. The summed E-state index contributed by atoms with van der Waals surface area (Å²) >= 11 is 0. The minimum absolute atomic E-state index is 0.221. The quantitative estimate of drug-likeness (QED) is 0.536. The Morgan fingerprint density at radius 3 is 2.56 bits per heavy atom. The molecular formula is C12H22N2O4. The first-order chi connectivity index (χ1) is 8.55. The number of amides is 1. The lowest BCUT2D eigenvalue weighted by Gasteiger charge is -2.39. The summed E-state index contributed by atoms with van der Waals surface area (Å²) in [5.41, 5.74) is 5.08. The molecule has 0 radical (unpaired) electrons. The summed E-state index contributed by atoms with van der Waals surface area (Å²) < 4.78 is 4.87. The van der Waals surface area contributed by atoms with Gasteiger partial charge in [-0.05, 0) is 25.7 Å². The molecule has 1 saturated carbocycles. The van der Waals surface area contributed by atoms with E-state index in [2.05, 4.69) is 5.32 Å². The monoisotopic (exact) mass is 258 g/mol. The molecular weight excluding hydrogens is 236 g/mol. The molecule has 6 nitrogen and oxygen atoms in total. The Bertz CT molecular complexity index is 297. The second-order valence-corrected chi connectivity index (χ2v) is 4.84. The van der Waals surface area contributed by atoms with Crippen molar-refractivity contribution < 1.29 is 19.4 Å². The van der Waals surface area contributed by atoms with Crippen LogP contribution in [0.4, 0.5) is 0 Å². The van der Waals surface area contributed by atoms with Crippen LogP contribution in [0.2, 0.25) is 0 Å². The Labute approximate surface area is 107 Å². The highest BCUT2D eigenvalue weighted by Crippen LogP contribution is 2.40. The average Bonchev–Trinajstić information content (AvgIpc) is 2.27. The highest BCUT2D eigenvalue weighted by atomic mass is 16.5. The molecule has 0 saturated heterocycles.